The highest BCUT2D eigenvalue weighted by Gasteiger charge is 2.21. The van der Waals surface area contributed by atoms with Crippen LogP contribution in [0.15, 0.2) is 16.8 Å². The van der Waals surface area contributed by atoms with Crippen molar-refractivity contribution in [2.75, 3.05) is 0 Å². The average Bonchev–Trinajstić information content (AvgIpc) is 3.10. The molecule has 2 rings (SSSR count). The number of fused-ring (bicyclic) bond motifs is 1. The quantitative estimate of drug-likeness (QED) is 0.172. The first-order chi connectivity index (χ1) is 12.6. The molecule has 0 atom stereocenters. The van der Waals surface area contributed by atoms with Crippen LogP contribution in [0.25, 0.3) is 11.0 Å². The summed E-state index contributed by atoms with van der Waals surface area (Å²) in [7, 11) is 0. The highest BCUT2D eigenvalue weighted by Crippen LogP contribution is 2.30. The maximum absolute atomic E-state index is 12.0. The number of non-ortho nitro benzene ring substituents is 1. The van der Waals surface area contributed by atoms with Crippen molar-refractivity contribution in [1.29, 1.82) is 0 Å². The lowest BCUT2D eigenvalue weighted by Crippen LogP contribution is -2.08. The summed E-state index contributed by atoms with van der Waals surface area (Å²) in [6.45, 7) is 2.21. The van der Waals surface area contributed by atoms with E-state index in [-0.39, 0.29) is 28.4 Å². The first-order valence-corrected chi connectivity index (χ1v) is 9.23. The lowest BCUT2D eigenvalue weighted by molar-refractivity contribution is -0.383. The Morgan fingerprint density at radius 3 is 2.31 bits per heavy atom. The SMILES string of the molecule is CCCCCCCCCCCC(=O)Oc1ccc([N+](=O)[O-])c2nonc12. The Labute approximate surface area is 152 Å². The van der Waals surface area contributed by atoms with Crippen LogP contribution in [-0.4, -0.2) is 21.2 Å². The maximum atomic E-state index is 12.0. The molecule has 2 aromatic rings. The van der Waals surface area contributed by atoms with Crippen molar-refractivity contribution in [3.05, 3.63) is 22.2 Å². The largest absolute Gasteiger partial charge is 0.424 e. The molecule has 0 aliphatic rings. The number of rotatable bonds is 12. The Kier molecular flexibility index (Phi) is 7.98. The molecule has 0 saturated heterocycles. The van der Waals surface area contributed by atoms with E-state index in [1.807, 2.05) is 0 Å². The number of hydrogen-bond donors (Lipinski definition) is 0. The van der Waals surface area contributed by atoms with Crippen molar-refractivity contribution < 1.29 is 19.1 Å². The Hall–Kier alpha value is -2.51. The summed E-state index contributed by atoms with van der Waals surface area (Å²) in [6.07, 6.45) is 10.8. The molecule has 0 saturated carbocycles. The molecule has 0 aliphatic carbocycles. The van der Waals surface area contributed by atoms with Crippen molar-refractivity contribution in [2.45, 2.75) is 71.1 Å². The fraction of sp³-hybridized carbons (Fsp3) is 0.611. The van der Waals surface area contributed by atoms with Crippen LogP contribution in [0.2, 0.25) is 0 Å². The van der Waals surface area contributed by atoms with Gasteiger partial charge in [-0.2, -0.15) is 0 Å². The third-order valence-electron chi connectivity index (χ3n) is 4.26. The van der Waals surface area contributed by atoms with Gasteiger partial charge in [-0.1, -0.05) is 58.3 Å². The summed E-state index contributed by atoms with van der Waals surface area (Å²) in [6, 6.07) is 2.58. The maximum Gasteiger partial charge on any atom is 0.311 e. The summed E-state index contributed by atoms with van der Waals surface area (Å²) in [5, 5.41) is 18.0. The average molecular weight is 363 g/mol. The van der Waals surface area contributed by atoms with E-state index < -0.39 is 4.92 Å². The normalized spacial score (nSPS) is 11.0. The predicted molar refractivity (Wildman–Crippen MR) is 95.9 cm³/mol. The molecule has 1 heterocycles. The van der Waals surface area contributed by atoms with Gasteiger partial charge in [-0.15, -0.1) is 0 Å². The minimum atomic E-state index is -0.583. The minimum Gasteiger partial charge on any atom is -0.424 e. The molecule has 0 spiro atoms. The number of carbonyl (C=O) groups excluding carboxylic acids is 1. The van der Waals surface area contributed by atoms with Crippen molar-refractivity contribution in [3.8, 4) is 5.75 Å². The number of ether oxygens (including phenoxy) is 1. The summed E-state index contributed by atoms with van der Waals surface area (Å²) in [4.78, 5) is 22.3. The molecule has 0 unspecified atom stereocenters. The fourth-order valence-electron chi connectivity index (χ4n) is 2.81. The number of benzene rings is 1. The van der Waals surface area contributed by atoms with E-state index in [0.717, 1.165) is 19.3 Å². The van der Waals surface area contributed by atoms with Crippen LogP contribution in [-0.2, 0) is 4.79 Å². The zero-order valence-corrected chi connectivity index (χ0v) is 15.1. The topological polar surface area (TPSA) is 108 Å². The second kappa shape index (κ2) is 10.5. The molecular formula is C18H25N3O5. The summed E-state index contributed by atoms with van der Waals surface area (Å²) in [5.41, 5.74) is -0.178. The van der Waals surface area contributed by atoms with Gasteiger partial charge in [-0.3, -0.25) is 14.9 Å². The molecule has 0 N–H and O–H groups in total. The molecule has 1 aromatic heterocycles. The molecule has 0 aliphatic heterocycles. The number of esters is 1. The van der Waals surface area contributed by atoms with Crippen molar-refractivity contribution >= 4 is 22.7 Å². The molecule has 1 aromatic carbocycles. The van der Waals surface area contributed by atoms with Crippen LogP contribution in [0.4, 0.5) is 5.69 Å². The summed E-state index contributed by atoms with van der Waals surface area (Å²) < 4.78 is 9.81. The van der Waals surface area contributed by atoms with Gasteiger partial charge in [-0.25, -0.2) is 4.63 Å². The van der Waals surface area contributed by atoms with Crippen molar-refractivity contribution in [1.82, 2.24) is 10.3 Å². The van der Waals surface area contributed by atoms with Gasteiger partial charge in [0.2, 0.25) is 5.52 Å². The Balaban J connectivity index is 1.72. The number of carbonyl (C=O) groups is 1. The predicted octanol–water partition coefficient (Wildman–Crippen LogP) is 4.96. The number of aromatic nitrogens is 2. The van der Waals surface area contributed by atoms with Crippen LogP contribution in [0.3, 0.4) is 0 Å². The van der Waals surface area contributed by atoms with Crippen LogP contribution in [0, 0.1) is 10.1 Å². The first kappa shape index (κ1) is 19.8. The van der Waals surface area contributed by atoms with E-state index in [2.05, 4.69) is 21.9 Å². The number of nitro benzene ring substituents is 1. The van der Waals surface area contributed by atoms with Gasteiger partial charge in [0.25, 0.3) is 0 Å². The van der Waals surface area contributed by atoms with Crippen LogP contribution >= 0.6 is 0 Å². The Morgan fingerprint density at radius 1 is 1.04 bits per heavy atom. The molecule has 142 valence electrons. The lowest BCUT2D eigenvalue weighted by Gasteiger charge is -2.05. The molecule has 0 fully saturated rings. The molecule has 0 radical (unpaired) electrons. The smallest absolute Gasteiger partial charge is 0.311 e. The van der Waals surface area contributed by atoms with Gasteiger partial charge < -0.3 is 4.74 Å². The van der Waals surface area contributed by atoms with Crippen molar-refractivity contribution in [2.24, 2.45) is 0 Å². The monoisotopic (exact) mass is 363 g/mol. The third kappa shape index (κ3) is 5.79. The second-order valence-corrected chi connectivity index (χ2v) is 6.35. The zero-order chi connectivity index (χ0) is 18.8. The summed E-state index contributed by atoms with van der Waals surface area (Å²) >= 11 is 0. The molecule has 0 bridgehead atoms. The van der Waals surface area contributed by atoms with Gasteiger partial charge in [-0.05, 0) is 22.8 Å². The van der Waals surface area contributed by atoms with Crippen LogP contribution in [0.1, 0.15) is 71.1 Å². The number of unbranched alkanes of at least 4 members (excludes halogenated alkanes) is 8. The lowest BCUT2D eigenvalue weighted by atomic mass is 10.1. The number of hydrogen-bond acceptors (Lipinski definition) is 7. The number of nitro groups is 1. The van der Waals surface area contributed by atoms with Gasteiger partial charge in [0.1, 0.15) is 0 Å². The minimum absolute atomic E-state index is 0.0247. The van der Waals surface area contributed by atoms with E-state index in [0.29, 0.717) is 6.42 Å². The van der Waals surface area contributed by atoms with E-state index >= 15 is 0 Å². The standard InChI is InChI=1S/C18H25N3O5/c1-2-3-4-5-6-7-8-9-10-11-16(22)25-15-13-12-14(21(23)24)17-18(15)20-26-19-17/h12-13H,2-11H2,1H3. The molecule has 8 nitrogen and oxygen atoms in total. The zero-order valence-electron chi connectivity index (χ0n) is 15.1. The Morgan fingerprint density at radius 2 is 1.65 bits per heavy atom. The number of nitrogens with zero attached hydrogens (tertiary/aromatic N) is 3. The highest BCUT2D eigenvalue weighted by molar-refractivity contribution is 5.90. The third-order valence-corrected chi connectivity index (χ3v) is 4.26. The van der Waals surface area contributed by atoms with Gasteiger partial charge in [0, 0.05) is 12.5 Å². The molecule has 26 heavy (non-hydrogen) atoms. The summed E-state index contributed by atoms with van der Waals surface area (Å²) in [5.74, 6) is -0.251. The van der Waals surface area contributed by atoms with Crippen LogP contribution in [0.5, 0.6) is 5.75 Å². The first-order valence-electron chi connectivity index (χ1n) is 9.23. The van der Waals surface area contributed by atoms with Gasteiger partial charge in [0.15, 0.2) is 11.3 Å². The highest BCUT2D eigenvalue weighted by atomic mass is 16.6. The van der Waals surface area contributed by atoms with E-state index in [9.17, 15) is 14.9 Å². The molecule has 0 amide bonds. The molecule has 8 heteroatoms. The van der Waals surface area contributed by atoms with E-state index in [1.165, 1.54) is 50.7 Å². The van der Waals surface area contributed by atoms with E-state index in [1.54, 1.807) is 0 Å². The van der Waals surface area contributed by atoms with Crippen LogP contribution < -0.4 is 4.74 Å². The molecular weight excluding hydrogens is 338 g/mol. The second-order valence-electron chi connectivity index (χ2n) is 6.35. The van der Waals surface area contributed by atoms with Crippen molar-refractivity contribution in [3.63, 3.8) is 0 Å². The fourth-order valence-corrected chi connectivity index (χ4v) is 2.81. The van der Waals surface area contributed by atoms with E-state index in [4.69, 9.17) is 4.74 Å². The Bertz CT molecular complexity index is 729. The van der Waals surface area contributed by atoms with Gasteiger partial charge >= 0.3 is 11.7 Å². The van der Waals surface area contributed by atoms with Gasteiger partial charge in [0.05, 0.1) is 4.92 Å².